The first kappa shape index (κ1) is 18.4. The molecule has 1 amide bonds. The van der Waals surface area contributed by atoms with E-state index in [9.17, 15) is 4.79 Å². The van der Waals surface area contributed by atoms with E-state index in [0.29, 0.717) is 12.2 Å². The molecule has 2 heterocycles. The van der Waals surface area contributed by atoms with Gasteiger partial charge in [0.15, 0.2) is 0 Å². The molecule has 118 valence electrons. The van der Waals surface area contributed by atoms with Crippen LogP contribution in [-0.2, 0) is 6.42 Å². The fraction of sp³-hybridized carbons (Fsp3) is 0.250. The summed E-state index contributed by atoms with van der Waals surface area (Å²) in [6.07, 6.45) is 2.67. The van der Waals surface area contributed by atoms with Gasteiger partial charge < -0.3 is 10.6 Å². The minimum Gasteiger partial charge on any atom is -0.349 e. The summed E-state index contributed by atoms with van der Waals surface area (Å²) in [6, 6.07) is 13.9. The Morgan fingerprint density at radius 3 is 2.73 bits per heavy atom. The molecule has 0 spiro atoms. The van der Waals surface area contributed by atoms with Gasteiger partial charge in [0.1, 0.15) is 5.69 Å². The Bertz CT molecular complexity index is 607. The fourth-order valence-electron chi connectivity index (χ4n) is 2.56. The predicted octanol–water partition coefficient (Wildman–Crippen LogP) is 2.54. The van der Waals surface area contributed by atoms with E-state index in [1.807, 2.05) is 12.1 Å². The lowest BCUT2D eigenvalue weighted by Crippen LogP contribution is -2.39. The molecule has 22 heavy (non-hydrogen) atoms. The minimum atomic E-state index is -0.129. The van der Waals surface area contributed by atoms with Crippen molar-refractivity contribution >= 4 is 30.7 Å². The Morgan fingerprint density at radius 2 is 1.95 bits per heavy atom. The van der Waals surface area contributed by atoms with Crippen molar-refractivity contribution in [2.45, 2.75) is 12.5 Å². The first-order valence-corrected chi connectivity index (χ1v) is 6.85. The summed E-state index contributed by atoms with van der Waals surface area (Å²) in [5.41, 5.74) is 3.10. The predicted molar refractivity (Wildman–Crippen MR) is 92.0 cm³/mol. The van der Waals surface area contributed by atoms with E-state index in [1.54, 1.807) is 18.3 Å². The van der Waals surface area contributed by atoms with Gasteiger partial charge >= 0.3 is 0 Å². The number of rotatable bonds is 3. The number of hydrogen-bond acceptors (Lipinski definition) is 3. The molecule has 6 heteroatoms. The normalized spacial score (nSPS) is 15.7. The highest BCUT2D eigenvalue weighted by Crippen LogP contribution is 2.21. The van der Waals surface area contributed by atoms with Crippen LogP contribution in [0.5, 0.6) is 0 Å². The molecule has 0 radical (unpaired) electrons. The number of pyridine rings is 1. The number of benzene rings is 1. The summed E-state index contributed by atoms with van der Waals surface area (Å²) in [7, 11) is 0. The monoisotopic (exact) mass is 339 g/mol. The second-order valence-electron chi connectivity index (χ2n) is 4.88. The topological polar surface area (TPSA) is 54.0 Å². The highest BCUT2D eigenvalue weighted by Gasteiger charge is 2.19. The average molecular weight is 340 g/mol. The lowest BCUT2D eigenvalue weighted by molar-refractivity contribution is 0.0944. The molecule has 1 atom stereocenters. The lowest BCUT2D eigenvalue weighted by atomic mass is 9.94. The maximum Gasteiger partial charge on any atom is 0.269 e. The molecule has 2 aromatic rings. The SMILES string of the molecule is Cl.Cl.O=C(NCC1NCCc2ccccc21)c1ccccn1. The molecule has 0 saturated carbocycles. The van der Waals surface area contributed by atoms with Crippen molar-refractivity contribution in [1.82, 2.24) is 15.6 Å². The second kappa shape index (κ2) is 8.73. The van der Waals surface area contributed by atoms with E-state index in [0.717, 1.165) is 13.0 Å². The largest absolute Gasteiger partial charge is 0.349 e. The Hall–Kier alpha value is -1.62. The molecule has 0 bridgehead atoms. The number of nitrogens with one attached hydrogen (secondary N) is 2. The third kappa shape index (κ3) is 4.19. The maximum absolute atomic E-state index is 12.0. The summed E-state index contributed by atoms with van der Waals surface area (Å²) < 4.78 is 0. The van der Waals surface area contributed by atoms with Crippen LogP contribution < -0.4 is 10.6 Å². The number of amides is 1. The number of hydrogen-bond donors (Lipinski definition) is 2. The molecule has 0 aliphatic carbocycles. The zero-order valence-electron chi connectivity index (χ0n) is 12.0. The van der Waals surface area contributed by atoms with E-state index in [-0.39, 0.29) is 36.8 Å². The van der Waals surface area contributed by atoms with Gasteiger partial charge in [0.25, 0.3) is 5.91 Å². The molecule has 3 rings (SSSR count). The van der Waals surface area contributed by atoms with Gasteiger partial charge in [-0.05, 0) is 36.2 Å². The van der Waals surface area contributed by atoms with Crippen LogP contribution in [0.15, 0.2) is 48.7 Å². The molecular weight excluding hydrogens is 321 g/mol. The standard InChI is InChI=1S/C16H17N3O.2ClH/c20-16(14-7-3-4-9-17-14)19-11-15-13-6-2-1-5-12(13)8-10-18-15;;/h1-7,9,15,18H,8,10-11H2,(H,19,20);2*1H. The molecule has 1 aliphatic heterocycles. The van der Waals surface area contributed by atoms with Crippen LogP contribution >= 0.6 is 24.8 Å². The van der Waals surface area contributed by atoms with Gasteiger partial charge in [0.05, 0.1) is 0 Å². The number of carbonyl (C=O) groups excluding carboxylic acids is 1. The summed E-state index contributed by atoms with van der Waals surface area (Å²) in [5, 5.41) is 6.39. The van der Waals surface area contributed by atoms with Crippen molar-refractivity contribution in [3.8, 4) is 0 Å². The van der Waals surface area contributed by atoms with Crippen LogP contribution in [0.25, 0.3) is 0 Å². The number of aromatic nitrogens is 1. The van der Waals surface area contributed by atoms with Gasteiger partial charge in [-0.1, -0.05) is 30.3 Å². The Kier molecular flexibility index (Phi) is 7.32. The van der Waals surface area contributed by atoms with Crippen molar-refractivity contribution in [2.75, 3.05) is 13.1 Å². The van der Waals surface area contributed by atoms with E-state index in [1.165, 1.54) is 11.1 Å². The molecule has 4 nitrogen and oxygen atoms in total. The van der Waals surface area contributed by atoms with Crippen molar-refractivity contribution in [3.05, 3.63) is 65.5 Å². The zero-order chi connectivity index (χ0) is 13.8. The van der Waals surface area contributed by atoms with Gasteiger partial charge in [-0.25, -0.2) is 0 Å². The number of halogens is 2. The summed E-state index contributed by atoms with van der Waals surface area (Å²) in [4.78, 5) is 16.1. The van der Waals surface area contributed by atoms with Crippen molar-refractivity contribution in [1.29, 1.82) is 0 Å². The second-order valence-corrected chi connectivity index (χ2v) is 4.88. The number of carbonyl (C=O) groups is 1. The summed E-state index contributed by atoms with van der Waals surface area (Å²) in [6.45, 7) is 1.52. The third-order valence-electron chi connectivity index (χ3n) is 3.58. The molecule has 1 aromatic heterocycles. The molecule has 1 aromatic carbocycles. The molecular formula is C16H19Cl2N3O. The van der Waals surface area contributed by atoms with Gasteiger partial charge in [-0.3, -0.25) is 9.78 Å². The van der Waals surface area contributed by atoms with Gasteiger partial charge in [-0.15, -0.1) is 24.8 Å². The molecule has 2 N–H and O–H groups in total. The van der Waals surface area contributed by atoms with E-state index >= 15 is 0 Å². The molecule has 1 unspecified atom stereocenters. The third-order valence-corrected chi connectivity index (χ3v) is 3.58. The van der Waals surface area contributed by atoms with E-state index in [2.05, 4.69) is 33.8 Å². The number of nitrogens with zero attached hydrogens (tertiary/aromatic N) is 1. The Balaban J connectivity index is 0.00000121. The highest BCUT2D eigenvalue weighted by molar-refractivity contribution is 5.92. The van der Waals surface area contributed by atoms with Crippen molar-refractivity contribution in [3.63, 3.8) is 0 Å². The van der Waals surface area contributed by atoms with Crippen molar-refractivity contribution < 1.29 is 4.79 Å². The van der Waals surface area contributed by atoms with E-state index < -0.39 is 0 Å². The Labute approximate surface area is 142 Å². The maximum atomic E-state index is 12.0. The average Bonchev–Trinajstić information content (AvgIpc) is 2.53. The minimum absolute atomic E-state index is 0. The van der Waals surface area contributed by atoms with Crippen LogP contribution in [0.4, 0.5) is 0 Å². The molecule has 0 saturated heterocycles. The van der Waals surface area contributed by atoms with Crippen LogP contribution in [0.2, 0.25) is 0 Å². The summed E-state index contributed by atoms with van der Waals surface area (Å²) in [5.74, 6) is -0.129. The smallest absolute Gasteiger partial charge is 0.269 e. The van der Waals surface area contributed by atoms with Gasteiger partial charge in [0, 0.05) is 18.8 Å². The fourth-order valence-corrected chi connectivity index (χ4v) is 2.56. The molecule has 1 aliphatic rings. The van der Waals surface area contributed by atoms with Gasteiger partial charge in [0.2, 0.25) is 0 Å². The Morgan fingerprint density at radius 1 is 1.18 bits per heavy atom. The van der Waals surface area contributed by atoms with Crippen LogP contribution in [0, 0.1) is 0 Å². The highest BCUT2D eigenvalue weighted by atomic mass is 35.5. The quantitative estimate of drug-likeness (QED) is 0.903. The first-order chi connectivity index (χ1) is 9.84. The van der Waals surface area contributed by atoms with E-state index in [4.69, 9.17) is 0 Å². The van der Waals surface area contributed by atoms with Crippen LogP contribution in [0.3, 0.4) is 0 Å². The van der Waals surface area contributed by atoms with Crippen LogP contribution in [0.1, 0.15) is 27.7 Å². The van der Waals surface area contributed by atoms with Crippen LogP contribution in [-0.4, -0.2) is 24.0 Å². The first-order valence-electron chi connectivity index (χ1n) is 6.85. The molecule has 0 fully saturated rings. The summed E-state index contributed by atoms with van der Waals surface area (Å²) >= 11 is 0. The van der Waals surface area contributed by atoms with Crippen molar-refractivity contribution in [2.24, 2.45) is 0 Å². The number of fused-ring (bicyclic) bond motifs is 1. The lowest BCUT2D eigenvalue weighted by Gasteiger charge is -2.27. The van der Waals surface area contributed by atoms with Gasteiger partial charge in [-0.2, -0.15) is 0 Å². The zero-order valence-corrected chi connectivity index (χ0v) is 13.6.